The summed E-state index contributed by atoms with van der Waals surface area (Å²) in [6.45, 7) is 0. The van der Waals surface area contributed by atoms with E-state index in [0.29, 0.717) is 0 Å². The first-order chi connectivity index (χ1) is 2.56. The maximum absolute atomic E-state index is 9.03. The van der Waals surface area contributed by atoms with Crippen molar-refractivity contribution in [3.63, 3.8) is 0 Å². The van der Waals surface area contributed by atoms with Gasteiger partial charge in [-0.15, -0.1) is 0 Å². The van der Waals surface area contributed by atoms with Gasteiger partial charge >= 0.3 is 36.9 Å². The van der Waals surface area contributed by atoms with Crippen LogP contribution in [0.3, 0.4) is 0 Å². The van der Waals surface area contributed by atoms with Gasteiger partial charge in [0, 0.05) is 32.7 Å². The van der Waals surface area contributed by atoms with Crippen LogP contribution in [0.25, 0.3) is 0 Å². The van der Waals surface area contributed by atoms with Crippen molar-refractivity contribution in [2.24, 2.45) is 0 Å². The van der Waals surface area contributed by atoms with Crippen LogP contribution in [0.5, 0.6) is 0 Å². The molecule has 0 rings (SSSR count). The van der Waals surface area contributed by atoms with Gasteiger partial charge in [0.05, 0.1) is 0 Å². The van der Waals surface area contributed by atoms with E-state index in [-0.39, 0.29) is 69.6 Å². The molecule has 8 heteroatoms. The monoisotopic (exact) mass is 373 g/mol. The first-order valence-corrected chi connectivity index (χ1v) is 2.63. The van der Waals surface area contributed by atoms with E-state index in [1.165, 1.54) is 0 Å². The van der Waals surface area contributed by atoms with Crippen molar-refractivity contribution in [2.75, 3.05) is 0 Å². The first kappa shape index (κ1) is 16.8. The molecular weight excluding hydrogens is 372 g/mol. The maximum atomic E-state index is 9.03. The Balaban J connectivity index is -0.000000125. The molecule has 0 aromatic rings. The SMILES string of the molecule is [Lu+3].[O-][Si]([O-])([O-])OO.[Y]. The molecule has 1 N–H and O–H groups in total. The second kappa shape index (κ2) is 7.46. The van der Waals surface area contributed by atoms with Crippen molar-refractivity contribution >= 4 is 9.05 Å². The van der Waals surface area contributed by atoms with E-state index in [2.05, 4.69) is 4.58 Å². The average molecular weight is 373 g/mol. The van der Waals surface area contributed by atoms with Crippen LogP contribution in [0.2, 0.25) is 0 Å². The summed E-state index contributed by atoms with van der Waals surface area (Å²) in [6, 6.07) is 0. The molecule has 53 valence electrons. The van der Waals surface area contributed by atoms with Crippen LogP contribution < -0.4 is 14.4 Å². The number of rotatable bonds is 1. The molecule has 0 aliphatic rings. The molecule has 0 unspecified atom stereocenters. The van der Waals surface area contributed by atoms with Gasteiger partial charge in [0.25, 0.3) is 0 Å². The summed E-state index contributed by atoms with van der Waals surface area (Å²) in [5.74, 6) is 0. The van der Waals surface area contributed by atoms with E-state index >= 15 is 0 Å². The van der Waals surface area contributed by atoms with E-state index in [1.807, 2.05) is 0 Å². The molecule has 1 radical (unpaired) electrons. The molecule has 0 fully saturated rings. The molecule has 0 amide bonds. The van der Waals surface area contributed by atoms with Gasteiger partial charge in [0.1, 0.15) is 0 Å². The molecule has 0 aromatic carbocycles. The van der Waals surface area contributed by atoms with E-state index in [9.17, 15) is 0 Å². The molecule has 0 spiro atoms. The van der Waals surface area contributed by atoms with Crippen LogP contribution in [-0.4, -0.2) is 14.3 Å². The normalized spacial score (nSPS) is 9.00. The fraction of sp³-hybridized carbons (Fsp3) is 0. The second-order valence-electron chi connectivity index (χ2n) is 0.591. The summed E-state index contributed by atoms with van der Waals surface area (Å²) < 4.78 is 2.41. The molecular formula is HLuO5SiY. The van der Waals surface area contributed by atoms with Crippen molar-refractivity contribution in [1.82, 2.24) is 0 Å². The Bertz CT molecular complexity index is 42.2. The van der Waals surface area contributed by atoms with Crippen LogP contribution in [0.1, 0.15) is 0 Å². The summed E-state index contributed by atoms with van der Waals surface area (Å²) >= 11 is 0. The molecule has 0 aliphatic heterocycles. The Labute approximate surface area is 101 Å². The second-order valence-corrected chi connectivity index (χ2v) is 1.77. The largest absolute Gasteiger partial charge is 3.00 e. The Kier molecular flexibility index (Phi) is 15.6. The summed E-state index contributed by atoms with van der Waals surface area (Å²) in [6.07, 6.45) is 0. The summed E-state index contributed by atoms with van der Waals surface area (Å²) in [7, 11) is -5.33. The minimum atomic E-state index is -5.33. The average Bonchev–Trinajstić information content (AvgIpc) is 1.35. The number of hydrogen-bond donors (Lipinski definition) is 1. The summed E-state index contributed by atoms with van der Waals surface area (Å²) in [5, 5.41) is 7.03. The zero-order valence-electron chi connectivity index (χ0n) is 3.42. The fourth-order valence-corrected chi connectivity index (χ4v) is 0. The molecule has 0 saturated heterocycles. The molecule has 0 heterocycles. The summed E-state index contributed by atoms with van der Waals surface area (Å²) in [4.78, 5) is 27.1. The van der Waals surface area contributed by atoms with Crippen LogP contribution in [0.4, 0.5) is 0 Å². The van der Waals surface area contributed by atoms with E-state index in [1.54, 1.807) is 0 Å². The standard InChI is InChI=1S/Lu.HO5Si.Y/c;1-5-6(2,3)4;/h;1H;/q+3;-3;. The number of hydrogen-bond acceptors (Lipinski definition) is 5. The molecule has 8 heavy (non-hydrogen) atoms. The predicted octanol–water partition coefficient (Wildman–Crippen LogP) is -4.01. The Morgan fingerprint density at radius 1 is 1.25 bits per heavy atom. The van der Waals surface area contributed by atoms with Gasteiger partial charge in [-0.05, 0) is 0 Å². The van der Waals surface area contributed by atoms with Gasteiger partial charge in [0.15, 0.2) is 0 Å². The summed E-state index contributed by atoms with van der Waals surface area (Å²) in [5.41, 5.74) is 0. The molecule has 0 bridgehead atoms. The quantitative estimate of drug-likeness (QED) is 0.287. The first-order valence-electron chi connectivity index (χ1n) is 0.999. The minimum Gasteiger partial charge on any atom is -0.859 e. The molecule has 0 saturated carbocycles. The minimum absolute atomic E-state index is 0. The molecule has 0 atom stereocenters. The van der Waals surface area contributed by atoms with E-state index < -0.39 is 9.05 Å². The van der Waals surface area contributed by atoms with Crippen molar-refractivity contribution in [1.29, 1.82) is 0 Å². The molecule has 5 nitrogen and oxygen atoms in total. The Morgan fingerprint density at radius 2 is 1.38 bits per heavy atom. The predicted molar refractivity (Wildman–Crippen MR) is 9.47 cm³/mol. The third-order valence-electron chi connectivity index (χ3n) is 0.112. The van der Waals surface area contributed by atoms with E-state index in [0.717, 1.165) is 0 Å². The van der Waals surface area contributed by atoms with E-state index in [4.69, 9.17) is 19.6 Å². The van der Waals surface area contributed by atoms with Crippen LogP contribution in [-0.2, 0) is 37.3 Å². The Hall–Kier alpha value is 2.35. The zero-order chi connectivity index (χ0) is 5.21. The topological polar surface area (TPSA) is 98.6 Å². The van der Waals surface area contributed by atoms with Crippen molar-refractivity contribution in [2.45, 2.75) is 0 Å². The van der Waals surface area contributed by atoms with Crippen LogP contribution >= 0.6 is 0 Å². The van der Waals surface area contributed by atoms with Gasteiger partial charge in [-0.25, -0.2) is 0 Å². The van der Waals surface area contributed by atoms with Gasteiger partial charge < -0.3 is 19.0 Å². The third kappa shape index (κ3) is 15.8. The van der Waals surface area contributed by atoms with Crippen molar-refractivity contribution < 1.29 is 93.8 Å². The third-order valence-corrected chi connectivity index (χ3v) is 0.335. The maximum Gasteiger partial charge on any atom is 3.00 e. The van der Waals surface area contributed by atoms with Gasteiger partial charge in [-0.2, -0.15) is 0 Å². The van der Waals surface area contributed by atoms with Crippen molar-refractivity contribution in [3.05, 3.63) is 0 Å². The van der Waals surface area contributed by atoms with Gasteiger partial charge in [-0.3, -0.25) is 5.26 Å². The Morgan fingerprint density at radius 3 is 1.38 bits per heavy atom. The zero-order valence-corrected chi connectivity index (χ0v) is 8.91. The van der Waals surface area contributed by atoms with Crippen LogP contribution in [0, 0.1) is 36.9 Å². The molecule has 0 aliphatic carbocycles. The van der Waals surface area contributed by atoms with Crippen molar-refractivity contribution in [3.8, 4) is 0 Å². The fourth-order valence-electron chi connectivity index (χ4n) is 0. The van der Waals surface area contributed by atoms with Gasteiger partial charge in [0.2, 0.25) is 0 Å². The molecule has 0 aromatic heterocycles. The smallest absolute Gasteiger partial charge is 0.859 e. The van der Waals surface area contributed by atoms with Crippen LogP contribution in [0.15, 0.2) is 0 Å². The van der Waals surface area contributed by atoms with Gasteiger partial charge in [-0.1, -0.05) is 9.05 Å².